The first-order chi connectivity index (χ1) is 7.70. The van der Waals surface area contributed by atoms with Gasteiger partial charge in [0.05, 0.1) is 0 Å². The number of nitrogens with zero attached hydrogens (tertiary/aromatic N) is 1. The lowest BCUT2D eigenvalue weighted by atomic mass is 10.1. The molecule has 0 bridgehead atoms. The number of hydrogen-bond donors (Lipinski definition) is 1. The predicted molar refractivity (Wildman–Crippen MR) is 72.6 cm³/mol. The summed E-state index contributed by atoms with van der Waals surface area (Å²) in [5, 5.41) is 1.54. The van der Waals surface area contributed by atoms with Gasteiger partial charge in [-0.05, 0) is 55.3 Å². The van der Waals surface area contributed by atoms with Crippen molar-refractivity contribution in [1.82, 2.24) is 4.90 Å². The molecule has 1 aliphatic rings. The van der Waals surface area contributed by atoms with Gasteiger partial charge in [-0.25, -0.2) is 0 Å². The van der Waals surface area contributed by atoms with E-state index in [4.69, 9.17) is 5.73 Å². The molecule has 0 aromatic heterocycles. The molecule has 1 atom stereocenters. The van der Waals surface area contributed by atoms with Crippen LogP contribution in [0.2, 0.25) is 0 Å². The number of fused-ring (bicyclic) bond motifs is 1. The number of rotatable bonds is 4. The molecule has 2 nitrogen and oxygen atoms in total. The van der Waals surface area contributed by atoms with Crippen molar-refractivity contribution in [3.63, 3.8) is 0 Å². The number of nitrogens with two attached hydrogens (primary N) is 1. The predicted octanol–water partition coefficient (Wildman–Crippen LogP) is 1.72. The van der Waals surface area contributed by atoms with Gasteiger partial charge < -0.3 is 5.73 Å². The summed E-state index contributed by atoms with van der Waals surface area (Å²) in [5.41, 5.74) is 8.60. The SMILES string of the molecule is CN1Cc2ccc(P(C)CCCN)cc2C1. The molecule has 1 aliphatic heterocycles. The zero-order chi connectivity index (χ0) is 11.5. The van der Waals surface area contributed by atoms with Crippen molar-refractivity contribution in [1.29, 1.82) is 0 Å². The molecule has 0 saturated carbocycles. The second kappa shape index (κ2) is 5.27. The molecule has 88 valence electrons. The minimum Gasteiger partial charge on any atom is -0.330 e. The highest BCUT2D eigenvalue weighted by atomic mass is 31.1. The fourth-order valence-electron chi connectivity index (χ4n) is 2.25. The molecule has 1 heterocycles. The van der Waals surface area contributed by atoms with Gasteiger partial charge in [-0.1, -0.05) is 20.1 Å². The Morgan fingerprint density at radius 1 is 1.31 bits per heavy atom. The first-order valence-electron chi connectivity index (χ1n) is 5.92. The minimum atomic E-state index is -0.000877. The normalized spacial score (nSPS) is 17.4. The van der Waals surface area contributed by atoms with Crippen LogP contribution in [0.5, 0.6) is 0 Å². The molecule has 3 heteroatoms. The van der Waals surface area contributed by atoms with Crippen LogP contribution in [-0.2, 0) is 13.1 Å². The highest BCUT2D eigenvalue weighted by molar-refractivity contribution is 7.64. The first-order valence-corrected chi connectivity index (χ1v) is 7.89. The topological polar surface area (TPSA) is 29.3 Å². The van der Waals surface area contributed by atoms with E-state index in [1.165, 1.54) is 22.6 Å². The van der Waals surface area contributed by atoms with Gasteiger partial charge in [-0.2, -0.15) is 0 Å². The van der Waals surface area contributed by atoms with Gasteiger partial charge in [0.2, 0.25) is 0 Å². The van der Waals surface area contributed by atoms with Crippen molar-refractivity contribution in [2.75, 3.05) is 26.4 Å². The molecule has 0 radical (unpaired) electrons. The smallest absolute Gasteiger partial charge is 0.0237 e. The molecule has 2 N–H and O–H groups in total. The first kappa shape index (κ1) is 12.0. The van der Waals surface area contributed by atoms with E-state index in [-0.39, 0.29) is 7.92 Å². The highest BCUT2D eigenvalue weighted by Crippen LogP contribution is 2.32. The van der Waals surface area contributed by atoms with Crippen LogP contribution < -0.4 is 11.0 Å². The van der Waals surface area contributed by atoms with Gasteiger partial charge in [0.1, 0.15) is 0 Å². The van der Waals surface area contributed by atoms with Crippen LogP contribution in [0.3, 0.4) is 0 Å². The van der Waals surface area contributed by atoms with E-state index in [1.807, 2.05) is 0 Å². The molecule has 0 spiro atoms. The Bertz CT molecular complexity index is 365. The molecule has 0 amide bonds. The molecular formula is C13H21N2P. The van der Waals surface area contributed by atoms with E-state index < -0.39 is 0 Å². The Morgan fingerprint density at radius 2 is 2.06 bits per heavy atom. The third-order valence-electron chi connectivity index (χ3n) is 3.21. The summed E-state index contributed by atoms with van der Waals surface area (Å²) in [6, 6.07) is 7.05. The summed E-state index contributed by atoms with van der Waals surface area (Å²) < 4.78 is 0. The molecule has 1 aromatic carbocycles. The molecule has 0 aliphatic carbocycles. The van der Waals surface area contributed by atoms with E-state index in [9.17, 15) is 0 Å². The Balaban J connectivity index is 2.09. The molecule has 2 rings (SSSR count). The Kier molecular flexibility index (Phi) is 3.96. The largest absolute Gasteiger partial charge is 0.330 e. The lowest BCUT2D eigenvalue weighted by molar-refractivity contribution is 0.353. The molecule has 16 heavy (non-hydrogen) atoms. The van der Waals surface area contributed by atoms with E-state index >= 15 is 0 Å². The second-order valence-electron chi connectivity index (χ2n) is 4.69. The van der Waals surface area contributed by atoms with Crippen molar-refractivity contribution in [2.24, 2.45) is 5.73 Å². The Labute approximate surface area is 99.6 Å². The van der Waals surface area contributed by atoms with Crippen LogP contribution in [0.4, 0.5) is 0 Å². The standard InChI is InChI=1S/C13H21N2P/c1-15-9-11-4-5-13(8-12(11)10-15)16(2)7-3-6-14/h4-5,8H,3,6-7,9-10,14H2,1-2H3. The number of benzene rings is 1. The molecule has 0 fully saturated rings. The zero-order valence-corrected chi connectivity index (χ0v) is 11.1. The Morgan fingerprint density at radius 3 is 2.81 bits per heavy atom. The number of hydrogen-bond acceptors (Lipinski definition) is 2. The fourth-order valence-corrected chi connectivity index (χ4v) is 3.87. The zero-order valence-electron chi connectivity index (χ0n) is 10.2. The van der Waals surface area contributed by atoms with Gasteiger partial charge in [0.15, 0.2) is 0 Å². The van der Waals surface area contributed by atoms with Crippen molar-refractivity contribution in [2.45, 2.75) is 19.5 Å². The average molecular weight is 236 g/mol. The summed E-state index contributed by atoms with van der Waals surface area (Å²) in [5.74, 6) is 0. The lowest BCUT2D eigenvalue weighted by Crippen LogP contribution is -2.08. The summed E-state index contributed by atoms with van der Waals surface area (Å²) in [6.45, 7) is 5.41. The van der Waals surface area contributed by atoms with Gasteiger partial charge in [-0.3, -0.25) is 4.90 Å². The van der Waals surface area contributed by atoms with Crippen molar-refractivity contribution in [3.05, 3.63) is 29.3 Å². The minimum absolute atomic E-state index is 0.000877. The van der Waals surface area contributed by atoms with Gasteiger partial charge in [-0.15, -0.1) is 0 Å². The van der Waals surface area contributed by atoms with Gasteiger partial charge >= 0.3 is 0 Å². The van der Waals surface area contributed by atoms with E-state index in [0.717, 1.165) is 26.1 Å². The van der Waals surface area contributed by atoms with Gasteiger partial charge in [0, 0.05) is 13.1 Å². The third kappa shape index (κ3) is 2.63. The summed E-state index contributed by atoms with van der Waals surface area (Å²) in [4.78, 5) is 2.37. The quantitative estimate of drug-likeness (QED) is 0.806. The van der Waals surface area contributed by atoms with Crippen LogP contribution in [-0.4, -0.2) is 31.3 Å². The van der Waals surface area contributed by atoms with Crippen LogP contribution in [0, 0.1) is 0 Å². The summed E-state index contributed by atoms with van der Waals surface area (Å²) in [6.07, 6.45) is 2.42. The second-order valence-corrected chi connectivity index (χ2v) is 7.05. The van der Waals surface area contributed by atoms with Crippen molar-refractivity contribution >= 4 is 13.2 Å². The van der Waals surface area contributed by atoms with Crippen LogP contribution in [0.1, 0.15) is 17.5 Å². The summed E-state index contributed by atoms with van der Waals surface area (Å²) >= 11 is 0. The molecule has 0 saturated heterocycles. The van der Waals surface area contributed by atoms with E-state index in [2.05, 4.69) is 36.8 Å². The summed E-state index contributed by atoms with van der Waals surface area (Å²) in [7, 11) is 2.18. The maximum absolute atomic E-state index is 5.57. The van der Waals surface area contributed by atoms with E-state index in [1.54, 1.807) is 0 Å². The van der Waals surface area contributed by atoms with Crippen molar-refractivity contribution in [3.8, 4) is 0 Å². The van der Waals surface area contributed by atoms with Crippen molar-refractivity contribution < 1.29 is 0 Å². The molecule has 1 aromatic rings. The van der Waals surface area contributed by atoms with E-state index in [0.29, 0.717) is 0 Å². The van der Waals surface area contributed by atoms with Gasteiger partial charge in [0.25, 0.3) is 0 Å². The van der Waals surface area contributed by atoms with Crippen LogP contribution >= 0.6 is 7.92 Å². The fraction of sp³-hybridized carbons (Fsp3) is 0.538. The highest BCUT2D eigenvalue weighted by Gasteiger charge is 2.16. The third-order valence-corrected chi connectivity index (χ3v) is 5.36. The monoisotopic (exact) mass is 236 g/mol. The lowest BCUT2D eigenvalue weighted by Gasteiger charge is -2.13. The maximum Gasteiger partial charge on any atom is 0.0237 e. The van der Waals surface area contributed by atoms with Crippen LogP contribution in [0.15, 0.2) is 18.2 Å². The molecular weight excluding hydrogens is 215 g/mol. The Hall–Kier alpha value is -0.430. The maximum atomic E-state index is 5.57. The average Bonchev–Trinajstić information content (AvgIpc) is 2.64. The van der Waals surface area contributed by atoms with Crippen LogP contribution in [0.25, 0.3) is 0 Å². The molecule has 1 unspecified atom stereocenters.